The van der Waals surface area contributed by atoms with Crippen LogP contribution in [0, 0.1) is 5.92 Å². The molecule has 1 aliphatic heterocycles. The van der Waals surface area contributed by atoms with E-state index < -0.39 is 0 Å². The predicted octanol–water partition coefficient (Wildman–Crippen LogP) is 2.90. The average Bonchev–Trinajstić information content (AvgIpc) is 2.94. The highest BCUT2D eigenvalue weighted by atomic mass is 16.4. The minimum Gasteiger partial charge on any atom is -0.424 e. The molecule has 2 aromatic rings. The van der Waals surface area contributed by atoms with Gasteiger partial charge in [-0.25, -0.2) is 0 Å². The van der Waals surface area contributed by atoms with Crippen LogP contribution in [-0.2, 0) is 12.5 Å². The van der Waals surface area contributed by atoms with Crippen molar-refractivity contribution in [2.24, 2.45) is 13.0 Å². The molecule has 0 spiro atoms. The quantitative estimate of drug-likeness (QED) is 0.840. The fraction of sp³-hybridized carbons (Fsp3) is 0.789. The summed E-state index contributed by atoms with van der Waals surface area (Å²) >= 11 is 0. The van der Waals surface area contributed by atoms with Crippen molar-refractivity contribution in [1.82, 2.24) is 25.0 Å². The van der Waals surface area contributed by atoms with Crippen molar-refractivity contribution in [3.8, 4) is 0 Å². The summed E-state index contributed by atoms with van der Waals surface area (Å²) in [4.78, 5) is 2.42. The molecule has 7 nitrogen and oxygen atoms in total. The van der Waals surface area contributed by atoms with Crippen LogP contribution in [-0.4, -0.2) is 38.1 Å². The van der Waals surface area contributed by atoms with Crippen LogP contribution >= 0.6 is 0 Å². The Morgan fingerprint density at radius 3 is 2.62 bits per heavy atom. The Kier molecular flexibility index (Phi) is 3.09. The highest BCUT2D eigenvalue weighted by molar-refractivity contribution is 5.39. The maximum absolute atomic E-state index is 6.19. The lowest BCUT2D eigenvalue weighted by Gasteiger charge is -2.26. The first-order valence-corrected chi connectivity index (χ1v) is 10.2. The van der Waals surface area contributed by atoms with Gasteiger partial charge in [0.05, 0.1) is 5.41 Å². The minimum atomic E-state index is 0.0166. The molecule has 6 rings (SSSR count). The van der Waals surface area contributed by atoms with Crippen molar-refractivity contribution in [3.05, 3.63) is 17.6 Å². The molecule has 26 heavy (non-hydrogen) atoms. The van der Waals surface area contributed by atoms with Gasteiger partial charge in [0.15, 0.2) is 0 Å². The molecule has 3 aliphatic carbocycles. The maximum Gasteiger partial charge on any atom is 0.227 e. The van der Waals surface area contributed by atoms with Crippen LogP contribution in [0.4, 0.5) is 5.95 Å². The van der Waals surface area contributed by atoms with Gasteiger partial charge in [0.2, 0.25) is 17.7 Å². The van der Waals surface area contributed by atoms with Crippen LogP contribution in [0.3, 0.4) is 0 Å². The zero-order valence-corrected chi connectivity index (χ0v) is 15.4. The summed E-state index contributed by atoms with van der Waals surface area (Å²) < 4.78 is 8.41. The minimum absolute atomic E-state index is 0.0166. The molecule has 1 saturated heterocycles. The molecule has 0 bridgehead atoms. The number of rotatable bonds is 4. The summed E-state index contributed by atoms with van der Waals surface area (Å²) in [6.07, 6.45) is 9.88. The number of hydrogen-bond acceptors (Lipinski definition) is 6. The molecule has 0 radical (unpaired) electrons. The van der Waals surface area contributed by atoms with E-state index in [4.69, 9.17) is 4.42 Å². The topological polar surface area (TPSA) is 72.9 Å². The lowest BCUT2D eigenvalue weighted by atomic mass is 9.80. The number of anilines is 1. The Bertz CT molecular complexity index is 835. The standard InChI is InChI=1S/C19H26N6O/c1-24-15(12-4-2-5-12)20-23-18(24)25-10-14-6-3-9-19(14,11-25)17-22-21-16(26-17)13-7-8-13/h12-14H,2-11H2,1H3/t14-,19-/m0/s1. The smallest absolute Gasteiger partial charge is 0.227 e. The first-order valence-electron chi connectivity index (χ1n) is 10.2. The van der Waals surface area contributed by atoms with Gasteiger partial charge in [-0.05, 0) is 44.4 Å². The van der Waals surface area contributed by atoms with Crippen LogP contribution in [0.15, 0.2) is 4.42 Å². The van der Waals surface area contributed by atoms with Crippen molar-refractivity contribution in [2.75, 3.05) is 18.0 Å². The van der Waals surface area contributed by atoms with E-state index in [1.807, 2.05) is 0 Å². The Morgan fingerprint density at radius 2 is 1.85 bits per heavy atom. The Labute approximate surface area is 153 Å². The summed E-state index contributed by atoms with van der Waals surface area (Å²) in [5, 5.41) is 18.0. The van der Waals surface area contributed by atoms with Crippen LogP contribution in [0.2, 0.25) is 0 Å². The largest absolute Gasteiger partial charge is 0.424 e. The summed E-state index contributed by atoms with van der Waals surface area (Å²) in [6, 6.07) is 0. The lowest BCUT2D eigenvalue weighted by Crippen LogP contribution is -2.33. The molecular weight excluding hydrogens is 328 g/mol. The molecular formula is C19H26N6O. The second kappa shape index (κ2) is 5.30. The third kappa shape index (κ3) is 2.06. The monoisotopic (exact) mass is 354 g/mol. The Balaban J connectivity index is 1.31. The van der Waals surface area contributed by atoms with Gasteiger partial charge in [0.1, 0.15) is 5.82 Å². The average molecular weight is 354 g/mol. The zero-order chi connectivity index (χ0) is 17.3. The summed E-state index contributed by atoms with van der Waals surface area (Å²) in [5.41, 5.74) is 0.0166. The van der Waals surface area contributed by atoms with E-state index in [0.717, 1.165) is 43.1 Å². The van der Waals surface area contributed by atoms with E-state index in [-0.39, 0.29) is 5.41 Å². The number of hydrogen-bond donors (Lipinski definition) is 0. The lowest BCUT2D eigenvalue weighted by molar-refractivity contribution is 0.296. The van der Waals surface area contributed by atoms with E-state index in [9.17, 15) is 0 Å². The van der Waals surface area contributed by atoms with Gasteiger partial charge >= 0.3 is 0 Å². The molecule has 3 saturated carbocycles. The van der Waals surface area contributed by atoms with Crippen LogP contribution in [0.1, 0.15) is 80.8 Å². The summed E-state index contributed by atoms with van der Waals surface area (Å²) in [6.45, 7) is 1.96. The van der Waals surface area contributed by atoms with Gasteiger partial charge in [-0.15, -0.1) is 20.4 Å². The Hall–Kier alpha value is -1.92. The molecule has 3 heterocycles. The number of aromatic nitrogens is 5. The van der Waals surface area contributed by atoms with Gasteiger partial charge in [0, 0.05) is 32.0 Å². The summed E-state index contributed by atoms with van der Waals surface area (Å²) in [5.74, 6) is 5.63. The first kappa shape index (κ1) is 15.2. The van der Waals surface area contributed by atoms with Crippen LogP contribution < -0.4 is 4.90 Å². The molecule has 0 unspecified atom stereocenters. The van der Waals surface area contributed by atoms with Gasteiger partial charge in [-0.2, -0.15) is 0 Å². The van der Waals surface area contributed by atoms with Gasteiger partial charge < -0.3 is 13.9 Å². The van der Waals surface area contributed by atoms with Crippen LogP contribution in [0.25, 0.3) is 0 Å². The van der Waals surface area contributed by atoms with E-state index >= 15 is 0 Å². The van der Waals surface area contributed by atoms with Crippen molar-refractivity contribution >= 4 is 5.95 Å². The molecule has 2 atom stereocenters. The summed E-state index contributed by atoms with van der Waals surface area (Å²) in [7, 11) is 2.13. The van der Waals surface area contributed by atoms with E-state index in [0.29, 0.717) is 17.8 Å². The normalized spacial score (nSPS) is 31.4. The van der Waals surface area contributed by atoms with Crippen molar-refractivity contribution in [3.63, 3.8) is 0 Å². The van der Waals surface area contributed by atoms with E-state index in [2.05, 4.69) is 36.9 Å². The molecule has 0 amide bonds. The zero-order valence-electron chi connectivity index (χ0n) is 15.4. The number of fused-ring (bicyclic) bond motifs is 1. The fourth-order valence-corrected chi connectivity index (χ4v) is 5.35. The molecule has 0 N–H and O–H groups in total. The predicted molar refractivity (Wildman–Crippen MR) is 95.1 cm³/mol. The Morgan fingerprint density at radius 1 is 0.962 bits per heavy atom. The van der Waals surface area contributed by atoms with Gasteiger partial charge in [-0.3, -0.25) is 0 Å². The highest BCUT2D eigenvalue weighted by Gasteiger charge is 2.55. The SMILES string of the molecule is Cn1c(C2CCC2)nnc1N1C[C@@H]2CCC[C@]2(c2nnc(C3CC3)o2)C1. The van der Waals surface area contributed by atoms with Crippen LogP contribution in [0.5, 0.6) is 0 Å². The maximum atomic E-state index is 6.19. The van der Waals surface area contributed by atoms with Gasteiger partial charge in [0.25, 0.3) is 0 Å². The molecule has 0 aromatic carbocycles. The van der Waals surface area contributed by atoms with Gasteiger partial charge in [-0.1, -0.05) is 12.8 Å². The second-order valence-electron chi connectivity index (χ2n) is 8.89. The molecule has 2 aromatic heterocycles. The first-order chi connectivity index (χ1) is 12.7. The second-order valence-corrected chi connectivity index (χ2v) is 8.89. The molecule has 4 fully saturated rings. The molecule has 138 valence electrons. The molecule has 7 heteroatoms. The number of nitrogens with zero attached hydrogens (tertiary/aromatic N) is 6. The van der Waals surface area contributed by atoms with E-state index in [1.165, 1.54) is 44.9 Å². The molecule has 4 aliphatic rings. The van der Waals surface area contributed by atoms with Crippen molar-refractivity contribution in [2.45, 2.75) is 68.6 Å². The van der Waals surface area contributed by atoms with E-state index in [1.54, 1.807) is 0 Å². The fourth-order valence-electron chi connectivity index (χ4n) is 5.35. The third-order valence-electron chi connectivity index (χ3n) is 7.30. The van der Waals surface area contributed by atoms with Crippen molar-refractivity contribution in [1.29, 1.82) is 0 Å². The highest BCUT2D eigenvalue weighted by Crippen LogP contribution is 2.51. The third-order valence-corrected chi connectivity index (χ3v) is 7.30. The van der Waals surface area contributed by atoms with Crippen molar-refractivity contribution < 1.29 is 4.42 Å².